The van der Waals surface area contributed by atoms with Gasteiger partial charge in [0.2, 0.25) is 5.91 Å². The number of carbonyl (C=O) groups excluding carboxylic acids is 1. The van der Waals surface area contributed by atoms with Crippen molar-refractivity contribution in [1.82, 2.24) is 0 Å². The van der Waals surface area contributed by atoms with E-state index < -0.39 is 0 Å². The van der Waals surface area contributed by atoms with Crippen molar-refractivity contribution < 1.29 is 14.3 Å². The maximum atomic E-state index is 12.2. The van der Waals surface area contributed by atoms with Crippen molar-refractivity contribution >= 4 is 17.3 Å². The summed E-state index contributed by atoms with van der Waals surface area (Å²) in [6, 6.07) is 23.3. The van der Waals surface area contributed by atoms with Crippen LogP contribution in [0.3, 0.4) is 0 Å². The number of carbonyl (C=O) groups is 1. The summed E-state index contributed by atoms with van der Waals surface area (Å²) in [5, 5.41) is 6.32. The maximum absolute atomic E-state index is 12.2. The van der Waals surface area contributed by atoms with Gasteiger partial charge in [0.15, 0.2) is 0 Å². The van der Waals surface area contributed by atoms with Crippen molar-refractivity contribution in [3.8, 4) is 11.5 Å². The Morgan fingerprint density at radius 3 is 2.21 bits per heavy atom. The maximum Gasteiger partial charge on any atom is 0.228 e. The fraction of sp³-hybridized carbons (Fsp3) is 0.208. The molecule has 1 amide bonds. The van der Waals surface area contributed by atoms with E-state index >= 15 is 0 Å². The van der Waals surface area contributed by atoms with Gasteiger partial charge in [0, 0.05) is 17.9 Å². The lowest BCUT2D eigenvalue weighted by atomic mass is 10.1. The summed E-state index contributed by atoms with van der Waals surface area (Å²) in [6.07, 6.45) is 1.19. The predicted molar refractivity (Wildman–Crippen MR) is 117 cm³/mol. The van der Waals surface area contributed by atoms with Gasteiger partial charge in [0.25, 0.3) is 0 Å². The first-order chi connectivity index (χ1) is 14.2. The molecule has 0 aliphatic rings. The third kappa shape index (κ3) is 6.01. The quantitative estimate of drug-likeness (QED) is 0.563. The van der Waals surface area contributed by atoms with Gasteiger partial charge >= 0.3 is 0 Å². The van der Waals surface area contributed by atoms with E-state index in [-0.39, 0.29) is 5.91 Å². The van der Waals surface area contributed by atoms with E-state index in [9.17, 15) is 4.79 Å². The molecular weight excluding hydrogens is 364 g/mol. The molecule has 0 atom stereocenters. The first-order valence-electron chi connectivity index (χ1n) is 9.56. The van der Waals surface area contributed by atoms with Crippen LogP contribution in [0.25, 0.3) is 0 Å². The van der Waals surface area contributed by atoms with Gasteiger partial charge in [0.05, 0.1) is 20.6 Å². The third-order valence-electron chi connectivity index (χ3n) is 4.61. The Morgan fingerprint density at radius 1 is 0.828 bits per heavy atom. The zero-order chi connectivity index (χ0) is 20.5. The van der Waals surface area contributed by atoms with Crippen LogP contribution in [0.5, 0.6) is 11.5 Å². The van der Waals surface area contributed by atoms with Crippen LogP contribution in [-0.2, 0) is 17.6 Å². The summed E-state index contributed by atoms with van der Waals surface area (Å²) in [6.45, 7) is 0.795. The molecule has 0 aliphatic carbocycles. The van der Waals surface area contributed by atoms with E-state index in [1.165, 1.54) is 5.56 Å². The second-order valence-corrected chi connectivity index (χ2v) is 6.64. The minimum absolute atomic E-state index is 0.0490. The lowest BCUT2D eigenvalue weighted by Gasteiger charge is -2.11. The normalized spacial score (nSPS) is 10.3. The molecular formula is C24H26N2O3. The van der Waals surface area contributed by atoms with Crippen molar-refractivity contribution in [3.05, 3.63) is 83.9 Å². The highest BCUT2D eigenvalue weighted by Crippen LogP contribution is 2.19. The summed E-state index contributed by atoms with van der Waals surface area (Å²) >= 11 is 0. The van der Waals surface area contributed by atoms with Gasteiger partial charge in [-0.25, -0.2) is 0 Å². The lowest BCUT2D eigenvalue weighted by molar-refractivity contribution is -0.115. The van der Waals surface area contributed by atoms with Crippen LogP contribution < -0.4 is 20.1 Å². The molecule has 5 nitrogen and oxygen atoms in total. The Hall–Kier alpha value is -3.47. The third-order valence-corrected chi connectivity index (χ3v) is 4.61. The van der Waals surface area contributed by atoms with Gasteiger partial charge in [-0.15, -0.1) is 0 Å². The summed E-state index contributed by atoms with van der Waals surface area (Å²) in [5.74, 6) is 1.64. The van der Waals surface area contributed by atoms with Crippen LogP contribution in [0, 0.1) is 0 Å². The average molecular weight is 390 g/mol. The smallest absolute Gasteiger partial charge is 0.228 e. The Balaban J connectivity index is 1.47. The molecule has 150 valence electrons. The number of benzene rings is 3. The van der Waals surface area contributed by atoms with Crippen molar-refractivity contribution in [2.75, 3.05) is 31.4 Å². The summed E-state index contributed by atoms with van der Waals surface area (Å²) in [4.78, 5) is 12.2. The highest BCUT2D eigenvalue weighted by atomic mass is 16.5. The summed E-state index contributed by atoms with van der Waals surface area (Å²) < 4.78 is 10.5. The zero-order valence-corrected chi connectivity index (χ0v) is 16.8. The Bertz CT molecular complexity index is 922. The van der Waals surface area contributed by atoms with Crippen molar-refractivity contribution in [2.45, 2.75) is 12.8 Å². The molecule has 0 aromatic heterocycles. The fourth-order valence-electron chi connectivity index (χ4n) is 3.06. The molecule has 0 bridgehead atoms. The van der Waals surface area contributed by atoms with Crippen molar-refractivity contribution in [3.63, 3.8) is 0 Å². The molecule has 0 heterocycles. The first-order valence-corrected chi connectivity index (χ1v) is 9.56. The van der Waals surface area contributed by atoms with E-state index in [0.717, 1.165) is 41.4 Å². The molecule has 5 heteroatoms. The number of anilines is 2. The van der Waals surface area contributed by atoms with E-state index in [1.807, 2.05) is 66.7 Å². The van der Waals surface area contributed by atoms with Gasteiger partial charge in [-0.3, -0.25) is 4.79 Å². The second-order valence-electron chi connectivity index (χ2n) is 6.64. The summed E-state index contributed by atoms with van der Waals surface area (Å²) in [5.41, 5.74) is 3.90. The number of methoxy groups -OCH3 is 2. The van der Waals surface area contributed by atoms with Crippen LogP contribution in [0.4, 0.5) is 11.4 Å². The highest BCUT2D eigenvalue weighted by Gasteiger charge is 2.05. The number of hydrogen-bond donors (Lipinski definition) is 2. The SMILES string of the molecule is COc1ccc(CC(=O)Nc2ccc(NCCc3ccccc3OC)cc2)cc1. The number of amides is 1. The van der Waals surface area contributed by atoms with Gasteiger partial charge in [-0.05, 0) is 60.0 Å². The first kappa shape index (κ1) is 20.3. The van der Waals surface area contributed by atoms with Crippen molar-refractivity contribution in [2.24, 2.45) is 0 Å². The topological polar surface area (TPSA) is 59.6 Å². The molecule has 0 fully saturated rings. The number of ether oxygens (including phenoxy) is 2. The van der Waals surface area contributed by atoms with Crippen LogP contribution in [0.15, 0.2) is 72.8 Å². The Kier molecular flexibility index (Phi) is 7.11. The molecule has 0 saturated heterocycles. The number of hydrogen-bond acceptors (Lipinski definition) is 4. The van der Waals surface area contributed by atoms with E-state index in [1.54, 1.807) is 14.2 Å². The highest BCUT2D eigenvalue weighted by molar-refractivity contribution is 5.92. The van der Waals surface area contributed by atoms with Gasteiger partial charge in [-0.2, -0.15) is 0 Å². The molecule has 3 aromatic rings. The van der Waals surface area contributed by atoms with E-state index in [0.29, 0.717) is 6.42 Å². The molecule has 2 N–H and O–H groups in total. The molecule has 0 radical (unpaired) electrons. The molecule has 3 aromatic carbocycles. The Labute approximate surface area is 171 Å². The van der Waals surface area contributed by atoms with E-state index in [4.69, 9.17) is 9.47 Å². The zero-order valence-electron chi connectivity index (χ0n) is 16.8. The molecule has 0 saturated carbocycles. The number of nitrogens with one attached hydrogen (secondary N) is 2. The second kappa shape index (κ2) is 10.2. The van der Waals surface area contributed by atoms with E-state index in [2.05, 4.69) is 16.7 Å². The standard InChI is InChI=1S/C24H26N2O3/c1-28-22-13-7-18(8-14-22)17-24(27)26-21-11-9-20(10-12-21)25-16-15-19-5-3-4-6-23(19)29-2/h3-14,25H,15-17H2,1-2H3,(H,26,27). The van der Waals surface area contributed by atoms with Crippen LogP contribution in [0.1, 0.15) is 11.1 Å². The monoisotopic (exact) mass is 390 g/mol. The molecule has 29 heavy (non-hydrogen) atoms. The molecule has 0 aliphatic heterocycles. The number of rotatable bonds is 9. The van der Waals surface area contributed by atoms with Crippen molar-refractivity contribution in [1.29, 1.82) is 0 Å². The van der Waals surface area contributed by atoms with Gasteiger partial charge < -0.3 is 20.1 Å². The minimum atomic E-state index is -0.0490. The van der Waals surface area contributed by atoms with Gasteiger partial charge in [-0.1, -0.05) is 30.3 Å². The Morgan fingerprint density at radius 2 is 1.52 bits per heavy atom. The molecule has 0 unspecified atom stereocenters. The van der Waals surface area contributed by atoms with Crippen LogP contribution in [-0.4, -0.2) is 26.7 Å². The summed E-state index contributed by atoms with van der Waals surface area (Å²) in [7, 11) is 3.31. The predicted octanol–water partition coefficient (Wildman–Crippen LogP) is 4.54. The van der Waals surface area contributed by atoms with Crippen LogP contribution >= 0.6 is 0 Å². The molecule has 3 rings (SSSR count). The molecule has 0 spiro atoms. The fourth-order valence-corrected chi connectivity index (χ4v) is 3.06. The average Bonchev–Trinajstić information content (AvgIpc) is 2.76. The van der Waals surface area contributed by atoms with Gasteiger partial charge in [0.1, 0.15) is 11.5 Å². The van der Waals surface area contributed by atoms with Crippen LogP contribution in [0.2, 0.25) is 0 Å². The lowest BCUT2D eigenvalue weighted by Crippen LogP contribution is -2.14. The largest absolute Gasteiger partial charge is 0.497 e. The minimum Gasteiger partial charge on any atom is -0.497 e. The number of para-hydroxylation sites is 1.